The van der Waals surface area contributed by atoms with Crippen molar-refractivity contribution in [3.8, 4) is 0 Å². The summed E-state index contributed by atoms with van der Waals surface area (Å²) in [6.07, 6.45) is 1.50. The zero-order valence-electron chi connectivity index (χ0n) is 8.12. The Morgan fingerprint density at radius 2 is 1.81 bits per heavy atom. The molecular formula is C11H7ClF2N2. The summed E-state index contributed by atoms with van der Waals surface area (Å²) in [5.41, 5.74) is 0.460. The van der Waals surface area contributed by atoms with Crippen molar-refractivity contribution in [2.24, 2.45) is 0 Å². The van der Waals surface area contributed by atoms with E-state index in [2.05, 4.69) is 9.97 Å². The van der Waals surface area contributed by atoms with Crippen LogP contribution in [0.15, 0.2) is 30.5 Å². The van der Waals surface area contributed by atoms with E-state index in [0.717, 1.165) is 0 Å². The summed E-state index contributed by atoms with van der Waals surface area (Å²) in [6, 6.07) is 5.31. The monoisotopic (exact) mass is 240 g/mol. The quantitative estimate of drug-likeness (QED) is 0.754. The summed E-state index contributed by atoms with van der Waals surface area (Å²) in [5.74, 6) is -1.18. The van der Waals surface area contributed by atoms with E-state index in [0.29, 0.717) is 5.69 Å². The molecule has 2 rings (SSSR count). The first-order chi connectivity index (χ1) is 7.66. The molecule has 0 N–H and O–H groups in total. The van der Waals surface area contributed by atoms with E-state index in [-0.39, 0.29) is 17.3 Å². The third-order valence-corrected chi connectivity index (χ3v) is 2.29. The van der Waals surface area contributed by atoms with E-state index < -0.39 is 11.6 Å². The number of halogens is 3. The van der Waals surface area contributed by atoms with Crippen molar-refractivity contribution in [2.75, 3.05) is 0 Å². The van der Waals surface area contributed by atoms with E-state index in [9.17, 15) is 8.78 Å². The van der Waals surface area contributed by atoms with Gasteiger partial charge in [0.1, 0.15) is 11.6 Å². The largest absolute Gasteiger partial charge is 0.227 e. The summed E-state index contributed by atoms with van der Waals surface area (Å²) in [6.45, 7) is 0. The van der Waals surface area contributed by atoms with Crippen LogP contribution in [0.3, 0.4) is 0 Å². The Balaban J connectivity index is 2.34. The number of hydrogen-bond acceptors (Lipinski definition) is 2. The lowest BCUT2D eigenvalue weighted by Gasteiger charge is -2.04. The molecule has 2 aromatic rings. The smallest absolute Gasteiger partial charge is 0.222 e. The molecule has 0 aliphatic rings. The molecular weight excluding hydrogens is 234 g/mol. The van der Waals surface area contributed by atoms with Gasteiger partial charge in [0.25, 0.3) is 0 Å². The van der Waals surface area contributed by atoms with E-state index in [1.807, 2.05) is 0 Å². The molecule has 2 nitrogen and oxygen atoms in total. The molecule has 1 heterocycles. The lowest BCUT2D eigenvalue weighted by atomic mass is 10.1. The van der Waals surface area contributed by atoms with E-state index in [1.54, 1.807) is 6.07 Å². The number of nitrogens with zero attached hydrogens (tertiary/aromatic N) is 2. The van der Waals surface area contributed by atoms with Crippen LogP contribution in [0.4, 0.5) is 8.78 Å². The Bertz CT molecular complexity index is 497. The number of aromatic nitrogens is 2. The minimum absolute atomic E-state index is 0.0164. The molecule has 5 heteroatoms. The van der Waals surface area contributed by atoms with Crippen LogP contribution in [0.2, 0.25) is 5.28 Å². The van der Waals surface area contributed by atoms with Crippen molar-refractivity contribution >= 4 is 11.6 Å². The SMILES string of the molecule is Fc1cccc(F)c1Cc1ccnc(Cl)n1. The van der Waals surface area contributed by atoms with Gasteiger partial charge >= 0.3 is 0 Å². The van der Waals surface area contributed by atoms with Gasteiger partial charge in [0, 0.05) is 23.9 Å². The predicted molar refractivity (Wildman–Crippen MR) is 56.2 cm³/mol. The lowest BCUT2D eigenvalue weighted by Crippen LogP contribution is -1.99. The molecule has 0 fully saturated rings. The van der Waals surface area contributed by atoms with E-state index >= 15 is 0 Å². The first kappa shape index (κ1) is 11.0. The van der Waals surface area contributed by atoms with Gasteiger partial charge in [-0.1, -0.05) is 6.07 Å². The van der Waals surface area contributed by atoms with Gasteiger partial charge in [-0.3, -0.25) is 0 Å². The zero-order valence-corrected chi connectivity index (χ0v) is 8.88. The molecule has 0 bridgehead atoms. The van der Waals surface area contributed by atoms with Crippen molar-refractivity contribution in [2.45, 2.75) is 6.42 Å². The molecule has 0 saturated carbocycles. The molecule has 0 saturated heterocycles. The topological polar surface area (TPSA) is 25.8 Å². The lowest BCUT2D eigenvalue weighted by molar-refractivity contribution is 0.560. The average Bonchev–Trinajstić information content (AvgIpc) is 2.24. The summed E-state index contributed by atoms with van der Waals surface area (Å²) in [7, 11) is 0. The molecule has 1 aromatic heterocycles. The van der Waals surface area contributed by atoms with Crippen LogP contribution in [0, 0.1) is 11.6 Å². The fraction of sp³-hybridized carbons (Fsp3) is 0.0909. The molecule has 0 radical (unpaired) electrons. The third kappa shape index (κ3) is 2.33. The number of benzene rings is 1. The minimum Gasteiger partial charge on any atom is -0.227 e. The van der Waals surface area contributed by atoms with Crippen LogP contribution in [0.5, 0.6) is 0 Å². The second-order valence-electron chi connectivity index (χ2n) is 3.19. The minimum atomic E-state index is -0.588. The van der Waals surface area contributed by atoms with Crippen molar-refractivity contribution in [3.63, 3.8) is 0 Å². The Kier molecular flexibility index (Phi) is 3.10. The van der Waals surface area contributed by atoms with Crippen LogP contribution >= 0.6 is 11.6 Å². The van der Waals surface area contributed by atoms with E-state index in [4.69, 9.17) is 11.6 Å². The highest BCUT2D eigenvalue weighted by atomic mass is 35.5. The third-order valence-electron chi connectivity index (χ3n) is 2.10. The molecule has 16 heavy (non-hydrogen) atoms. The van der Waals surface area contributed by atoms with Crippen LogP contribution in [-0.2, 0) is 6.42 Å². The maximum Gasteiger partial charge on any atom is 0.222 e. The van der Waals surface area contributed by atoms with E-state index in [1.165, 1.54) is 24.4 Å². The van der Waals surface area contributed by atoms with Gasteiger partial charge in [-0.25, -0.2) is 18.7 Å². The molecule has 0 aliphatic carbocycles. The highest BCUT2D eigenvalue weighted by molar-refractivity contribution is 6.28. The van der Waals surface area contributed by atoms with Crippen LogP contribution in [-0.4, -0.2) is 9.97 Å². The van der Waals surface area contributed by atoms with Gasteiger partial charge in [-0.2, -0.15) is 0 Å². The fourth-order valence-corrected chi connectivity index (χ4v) is 1.52. The van der Waals surface area contributed by atoms with Crippen LogP contribution in [0.1, 0.15) is 11.3 Å². The standard InChI is InChI=1S/C11H7ClF2N2/c12-11-15-5-4-7(16-11)6-8-9(13)2-1-3-10(8)14/h1-5H,6H2. The Morgan fingerprint density at radius 1 is 1.12 bits per heavy atom. The normalized spacial score (nSPS) is 10.4. The summed E-state index contributed by atoms with van der Waals surface area (Å²) >= 11 is 5.58. The van der Waals surface area contributed by atoms with Crippen LogP contribution < -0.4 is 0 Å². The van der Waals surface area contributed by atoms with Gasteiger partial charge < -0.3 is 0 Å². The Morgan fingerprint density at radius 3 is 2.44 bits per heavy atom. The van der Waals surface area contributed by atoms with Crippen molar-refractivity contribution in [3.05, 3.63) is 58.6 Å². The maximum absolute atomic E-state index is 13.3. The molecule has 0 atom stereocenters. The first-order valence-electron chi connectivity index (χ1n) is 4.57. The average molecular weight is 241 g/mol. The second kappa shape index (κ2) is 4.53. The van der Waals surface area contributed by atoms with Crippen LogP contribution in [0.25, 0.3) is 0 Å². The summed E-state index contributed by atoms with van der Waals surface area (Å²) < 4.78 is 26.6. The van der Waals surface area contributed by atoms with Crippen molar-refractivity contribution in [1.82, 2.24) is 9.97 Å². The number of hydrogen-bond donors (Lipinski definition) is 0. The Hall–Kier alpha value is -1.55. The van der Waals surface area contributed by atoms with Gasteiger partial charge in [0.2, 0.25) is 5.28 Å². The molecule has 0 amide bonds. The highest BCUT2D eigenvalue weighted by Gasteiger charge is 2.09. The number of rotatable bonds is 2. The summed E-state index contributed by atoms with van der Waals surface area (Å²) in [5, 5.41) is 0.0641. The Labute approximate surface area is 95.9 Å². The first-order valence-corrected chi connectivity index (χ1v) is 4.95. The molecule has 1 aromatic carbocycles. The maximum atomic E-state index is 13.3. The van der Waals surface area contributed by atoms with Crippen molar-refractivity contribution in [1.29, 1.82) is 0 Å². The highest BCUT2D eigenvalue weighted by Crippen LogP contribution is 2.16. The van der Waals surface area contributed by atoms with Gasteiger partial charge in [0.05, 0.1) is 0 Å². The van der Waals surface area contributed by atoms with Crippen molar-refractivity contribution < 1.29 is 8.78 Å². The van der Waals surface area contributed by atoms with Gasteiger partial charge in [-0.05, 0) is 29.8 Å². The summed E-state index contributed by atoms with van der Waals surface area (Å²) in [4.78, 5) is 7.56. The second-order valence-corrected chi connectivity index (χ2v) is 3.53. The predicted octanol–water partition coefficient (Wildman–Crippen LogP) is 3.00. The van der Waals surface area contributed by atoms with Gasteiger partial charge in [-0.15, -0.1) is 0 Å². The molecule has 82 valence electrons. The fourth-order valence-electron chi connectivity index (χ4n) is 1.35. The zero-order chi connectivity index (χ0) is 11.5. The van der Waals surface area contributed by atoms with Gasteiger partial charge in [0.15, 0.2) is 0 Å². The molecule has 0 unspecified atom stereocenters. The molecule has 0 aliphatic heterocycles. The molecule has 0 spiro atoms.